The fraction of sp³-hybridized carbons (Fsp3) is 0. The van der Waals surface area contributed by atoms with E-state index in [4.69, 9.17) is 15.0 Å². The minimum absolute atomic E-state index is 0.721. The summed E-state index contributed by atoms with van der Waals surface area (Å²) in [5.74, 6) is 2.98. The van der Waals surface area contributed by atoms with Gasteiger partial charge in [0.05, 0.1) is 55.2 Å². The summed E-state index contributed by atoms with van der Waals surface area (Å²) in [5.41, 5.74) is 13.3. The molecule has 446 valence electrons. The lowest BCUT2D eigenvalue weighted by Gasteiger charge is -2.34. The fourth-order valence-corrected chi connectivity index (χ4v) is 25.3. The van der Waals surface area contributed by atoms with Gasteiger partial charge in [-0.1, -0.05) is 267 Å². The summed E-state index contributed by atoms with van der Waals surface area (Å²) in [5, 5.41) is 12.8. The molecule has 0 saturated carbocycles. The first-order valence-electron chi connectivity index (χ1n) is 32.4. The van der Waals surface area contributed by atoms with Crippen LogP contribution < -0.4 is 41.5 Å². The molecule has 0 bridgehead atoms. The van der Waals surface area contributed by atoms with Crippen molar-refractivity contribution in [2.45, 2.75) is 0 Å². The number of rotatable bonds is 12. The normalized spacial score (nSPS) is 12.2. The highest BCUT2D eigenvalue weighted by Crippen LogP contribution is 2.37. The maximum atomic E-state index is 5.96. The zero-order valence-corrected chi connectivity index (χ0v) is 53.6. The average molecular weight is 1250 g/mol. The summed E-state index contributed by atoms with van der Waals surface area (Å²) in [6, 6.07) is 129. The molecule has 6 heterocycles. The van der Waals surface area contributed by atoms with Gasteiger partial charge >= 0.3 is 0 Å². The standard InChI is InChI=1S/C85H58N8Si2/c1-7-30-62(31-8-1)94(63-32-9-2-10-33-63,64-34-11-3-12-35-64)68-50-52-73-80(57-68)91-77-48-25-26-49-78(77)92(85(91)87-73)82-55-60(59-28-27-29-61(54-59)89-74-45-22-19-42-70(74)71-43-20-23-46-75(71)89)56-83(88-82)93-79-53-51-69(58-81(79)90-76-47-24-21-44-72(76)86-84(90)93)95(65-36-13-4-14-37-65,66-38-15-5-16-39-66)67-40-17-6-18-41-67/h1-58H. The largest absolute Gasteiger partial charge is 0.309 e. The van der Waals surface area contributed by atoms with Crippen LogP contribution in [0.25, 0.3) is 106 Å². The molecule has 0 saturated heterocycles. The van der Waals surface area contributed by atoms with Crippen LogP contribution in [0.2, 0.25) is 0 Å². The lowest BCUT2D eigenvalue weighted by atomic mass is 10.1. The fourth-order valence-electron chi connectivity index (χ4n) is 15.8. The molecule has 0 amide bonds. The van der Waals surface area contributed by atoms with Crippen molar-refractivity contribution in [3.05, 3.63) is 352 Å². The Kier molecular flexibility index (Phi) is 12.5. The molecule has 6 aromatic heterocycles. The van der Waals surface area contributed by atoms with Crippen molar-refractivity contribution < 1.29 is 0 Å². The van der Waals surface area contributed by atoms with E-state index < -0.39 is 16.1 Å². The Bertz CT molecular complexity index is 5910. The van der Waals surface area contributed by atoms with Crippen LogP contribution in [0.1, 0.15) is 0 Å². The Morgan fingerprint density at radius 2 is 0.589 bits per heavy atom. The maximum Gasteiger partial charge on any atom is 0.221 e. The molecule has 13 aromatic carbocycles. The molecule has 0 radical (unpaired) electrons. The van der Waals surface area contributed by atoms with Gasteiger partial charge < -0.3 is 4.57 Å². The number of pyridine rings is 1. The van der Waals surface area contributed by atoms with Crippen LogP contribution >= 0.6 is 0 Å². The molecule has 0 aliphatic rings. The molecule has 8 nitrogen and oxygen atoms in total. The molecular formula is C85H58N8Si2. The van der Waals surface area contributed by atoms with Gasteiger partial charge in [-0.2, -0.15) is 0 Å². The number of hydrogen-bond donors (Lipinski definition) is 0. The number of benzene rings is 13. The second kappa shape index (κ2) is 21.7. The Morgan fingerprint density at radius 1 is 0.211 bits per heavy atom. The second-order valence-corrected chi connectivity index (χ2v) is 32.4. The van der Waals surface area contributed by atoms with Gasteiger partial charge in [0.25, 0.3) is 0 Å². The van der Waals surface area contributed by atoms with E-state index in [1.165, 1.54) is 52.3 Å². The third-order valence-corrected chi connectivity index (χ3v) is 29.3. The van der Waals surface area contributed by atoms with Crippen LogP contribution in [0.3, 0.4) is 0 Å². The van der Waals surface area contributed by atoms with Crippen molar-refractivity contribution in [2.75, 3.05) is 0 Å². The zero-order chi connectivity index (χ0) is 62.6. The highest BCUT2D eigenvalue weighted by molar-refractivity contribution is 7.20. The van der Waals surface area contributed by atoms with E-state index in [9.17, 15) is 0 Å². The second-order valence-electron chi connectivity index (χ2n) is 24.7. The van der Waals surface area contributed by atoms with Crippen LogP contribution in [-0.4, -0.2) is 53.6 Å². The van der Waals surface area contributed by atoms with Gasteiger partial charge in [0.2, 0.25) is 11.6 Å². The number of fused-ring (bicyclic) bond motifs is 13. The van der Waals surface area contributed by atoms with E-state index >= 15 is 0 Å². The first kappa shape index (κ1) is 54.5. The SMILES string of the molecule is c1ccc([Si](c2ccccc2)(c2ccccc2)c2ccc3nc4n(-c5cc(-c6cccc(-n7c8ccccc8c8ccccc87)c6)cc(-n6c7ccc([Si](c8ccccc8)(c8ccccc8)c8ccccc8)cc7n7c8ccccc8nc67)n5)c5ccccc5n4c3c2)cc1. The highest BCUT2D eigenvalue weighted by atomic mass is 28.3. The number of nitrogens with zero attached hydrogens (tertiary/aromatic N) is 8. The number of aromatic nitrogens is 8. The number of hydrogen-bond acceptors (Lipinski definition) is 3. The smallest absolute Gasteiger partial charge is 0.221 e. The summed E-state index contributed by atoms with van der Waals surface area (Å²) in [6.07, 6.45) is 0. The maximum absolute atomic E-state index is 5.96. The van der Waals surface area contributed by atoms with E-state index in [1.54, 1.807) is 0 Å². The van der Waals surface area contributed by atoms with Gasteiger partial charge in [-0.05, 0) is 138 Å². The monoisotopic (exact) mass is 1250 g/mol. The van der Waals surface area contributed by atoms with Crippen molar-refractivity contribution in [2.24, 2.45) is 0 Å². The van der Waals surface area contributed by atoms with E-state index in [-0.39, 0.29) is 0 Å². The molecule has 0 aliphatic carbocycles. The van der Waals surface area contributed by atoms with Crippen LogP contribution in [-0.2, 0) is 0 Å². The summed E-state index contributed by atoms with van der Waals surface area (Å²) < 4.78 is 11.7. The molecule has 0 aliphatic heterocycles. The first-order chi connectivity index (χ1) is 47.1. The molecule has 0 unspecified atom stereocenters. The van der Waals surface area contributed by atoms with Crippen molar-refractivity contribution in [3.63, 3.8) is 0 Å². The van der Waals surface area contributed by atoms with E-state index in [0.29, 0.717) is 0 Å². The topological polar surface area (TPSA) is 62.3 Å². The lowest BCUT2D eigenvalue weighted by Crippen LogP contribution is -2.74. The zero-order valence-electron chi connectivity index (χ0n) is 51.6. The molecule has 0 N–H and O–H groups in total. The molecular weight excluding hydrogens is 1190 g/mol. The summed E-state index contributed by atoms with van der Waals surface area (Å²) in [4.78, 5) is 17.2. The molecule has 19 rings (SSSR count). The summed E-state index contributed by atoms with van der Waals surface area (Å²) in [6.45, 7) is 0. The predicted octanol–water partition coefficient (Wildman–Crippen LogP) is 14.1. The van der Waals surface area contributed by atoms with Gasteiger partial charge in [0.15, 0.2) is 16.1 Å². The van der Waals surface area contributed by atoms with Gasteiger partial charge in [-0.15, -0.1) is 0 Å². The molecule has 95 heavy (non-hydrogen) atoms. The molecule has 0 atom stereocenters. The van der Waals surface area contributed by atoms with Crippen LogP contribution in [0.5, 0.6) is 0 Å². The first-order valence-corrected chi connectivity index (χ1v) is 36.4. The Morgan fingerprint density at radius 3 is 1.08 bits per heavy atom. The predicted molar refractivity (Wildman–Crippen MR) is 397 cm³/mol. The van der Waals surface area contributed by atoms with Crippen molar-refractivity contribution in [1.29, 1.82) is 0 Å². The van der Waals surface area contributed by atoms with Crippen LogP contribution in [0.4, 0.5) is 0 Å². The molecule has 0 fully saturated rings. The number of para-hydroxylation sites is 6. The molecule has 10 heteroatoms. The van der Waals surface area contributed by atoms with Gasteiger partial charge in [-0.25, -0.2) is 15.0 Å². The minimum Gasteiger partial charge on any atom is -0.309 e. The third kappa shape index (κ3) is 8.21. The van der Waals surface area contributed by atoms with Crippen molar-refractivity contribution >= 4 is 135 Å². The van der Waals surface area contributed by atoms with E-state index in [1.807, 2.05) is 0 Å². The number of imidazole rings is 4. The Hall–Kier alpha value is -12.2. The average Bonchev–Trinajstić information content (AvgIpc) is 1.63. The quantitative estimate of drug-likeness (QED) is 0.0904. The van der Waals surface area contributed by atoms with Gasteiger partial charge in [-0.3, -0.25) is 17.9 Å². The molecule has 19 aromatic rings. The summed E-state index contributed by atoms with van der Waals surface area (Å²) >= 11 is 0. The Labute approximate surface area is 549 Å². The highest BCUT2D eigenvalue weighted by Gasteiger charge is 2.43. The lowest BCUT2D eigenvalue weighted by molar-refractivity contribution is 0.983. The van der Waals surface area contributed by atoms with Gasteiger partial charge in [0.1, 0.15) is 11.6 Å². The summed E-state index contributed by atoms with van der Waals surface area (Å²) in [7, 11) is -5.92. The van der Waals surface area contributed by atoms with Crippen molar-refractivity contribution in [3.8, 4) is 28.5 Å². The molecule has 0 spiro atoms. The van der Waals surface area contributed by atoms with Crippen molar-refractivity contribution in [1.82, 2.24) is 37.5 Å². The van der Waals surface area contributed by atoms with Crippen LogP contribution in [0, 0.1) is 0 Å². The van der Waals surface area contributed by atoms with E-state index in [0.717, 1.165) is 95.2 Å². The van der Waals surface area contributed by atoms with Gasteiger partial charge in [0, 0.05) is 16.5 Å². The van der Waals surface area contributed by atoms with E-state index in [2.05, 4.69) is 374 Å². The van der Waals surface area contributed by atoms with Crippen LogP contribution in [0.15, 0.2) is 352 Å². The Balaban J connectivity index is 0.891. The minimum atomic E-state index is -2.99. The third-order valence-electron chi connectivity index (χ3n) is 19.8.